The van der Waals surface area contributed by atoms with Gasteiger partial charge in [-0.3, -0.25) is 0 Å². The average molecular weight is 205 g/mol. The minimum absolute atomic E-state index is 0.142. The van der Waals surface area contributed by atoms with Crippen molar-refractivity contribution in [2.45, 2.75) is 44.2 Å². The van der Waals surface area contributed by atoms with Gasteiger partial charge in [-0.05, 0) is 43.7 Å². The summed E-state index contributed by atoms with van der Waals surface area (Å²) in [5.41, 5.74) is 7.46. The topological polar surface area (TPSA) is 46.2 Å². The van der Waals surface area contributed by atoms with Crippen molar-refractivity contribution < 1.29 is 5.11 Å². The summed E-state index contributed by atoms with van der Waals surface area (Å²) >= 11 is 0. The van der Waals surface area contributed by atoms with Crippen molar-refractivity contribution in [1.29, 1.82) is 0 Å². The molecule has 0 heterocycles. The van der Waals surface area contributed by atoms with Crippen LogP contribution in [0, 0.1) is 6.92 Å². The van der Waals surface area contributed by atoms with Gasteiger partial charge in [-0.25, -0.2) is 0 Å². The summed E-state index contributed by atoms with van der Waals surface area (Å²) in [4.78, 5) is 0. The van der Waals surface area contributed by atoms with Crippen LogP contribution in [0.5, 0.6) is 0 Å². The first kappa shape index (κ1) is 10.7. The summed E-state index contributed by atoms with van der Waals surface area (Å²) < 4.78 is 0. The van der Waals surface area contributed by atoms with Crippen molar-refractivity contribution in [3.63, 3.8) is 0 Å². The van der Waals surface area contributed by atoms with Gasteiger partial charge in [-0.1, -0.05) is 24.3 Å². The van der Waals surface area contributed by atoms with Crippen LogP contribution in [0.1, 0.15) is 36.8 Å². The van der Waals surface area contributed by atoms with Gasteiger partial charge in [0.25, 0.3) is 0 Å². The molecular formula is C13H19NO. The molecule has 2 atom stereocenters. The van der Waals surface area contributed by atoms with Crippen molar-refractivity contribution in [2.24, 2.45) is 5.73 Å². The van der Waals surface area contributed by atoms with Crippen LogP contribution in [0.15, 0.2) is 24.3 Å². The Morgan fingerprint density at radius 3 is 2.80 bits per heavy atom. The van der Waals surface area contributed by atoms with Crippen LogP contribution in [0.4, 0.5) is 0 Å². The monoisotopic (exact) mass is 205 g/mol. The van der Waals surface area contributed by atoms with Crippen molar-refractivity contribution in [3.8, 4) is 0 Å². The second kappa shape index (κ2) is 3.95. The molecule has 82 valence electrons. The van der Waals surface area contributed by atoms with Crippen LogP contribution in [0.25, 0.3) is 0 Å². The van der Waals surface area contributed by atoms with Crippen LogP contribution < -0.4 is 5.73 Å². The molecule has 2 heteroatoms. The maximum atomic E-state index is 10.6. The molecule has 0 amide bonds. The van der Waals surface area contributed by atoms with Gasteiger partial charge in [0.1, 0.15) is 0 Å². The van der Waals surface area contributed by atoms with E-state index < -0.39 is 5.60 Å². The average Bonchev–Trinajstić information content (AvgIpc) is 2.17. The molecule has 15 heavy (non-hydrogen) atoms. The zero-order valence-electron chi connectivity index (χ0n) is 9.24. The Hall–Kier alpha value is -0.860. The van der Waals surface area contributed by atoms with Gasteiger partial charge in [-0.15, -0.1) is 0 Å². The molecule has 2 nitrogen and oxygen atoms in total. The quantitative estimate of drug-likeness (QED) is 0.737. The van der Waals surface area contributed by atoms with E-state index >= 15 is 0 Å². The van der Waals surface area contributed by atoms with Crippen LogP contribution >= 0.6 is 0 Å². The lowest BCUT2D eigenvalue weighted by atomic mass is 9.76. The number of rotatable bonds is 1. The first-order chi connectivity index (χ1) is 7.12. The first-order valence-corrected chi connectivity index (χ1v) is 5.66. The normalized spacial score (nSPS) is 31.5. The highest BCUT2D eigenvalue weighted by Crippen LogP contribution is 2.37. The highest BCUT2D eigenvalue weighted by atomic mass is 16.3. The maximum Gasteiger partial charge on any atom is 0.0913 e. The Morgan fingerprint density at radius 2 is 2.13 bits per heavy atom. The third-order valence-corrected chi connectivity index (χ3v) is 3.41. The van der Waals surface area contributed by atoms with Gasteiger partial charge < -0.3 is 10.8 Å². The summed E-state index contributed by atoms with van der Waals surface area (Å²) in [6, 6.07) is 8.20. The molecule has 1 aliphatic carbocycles. The Labute approximate surface area is 91.1 Å². The summed E-state index contributed by atoms with van der Waals surface area (Å²) in [6.07, 6.45) is 3.59. The second-order valence-corrected chi connectivity index (χ2v) is 4.70. The fourth-order valence-electron chi connectivity index (χ4n) is 2.63. The summed E-state index contributed by atoms with van der Waals surface area (Å²) in [6.45, 7) is 2.05. The molecule has 1 aromatic carbocycles. The van der Waals surface area contributed by atoms with Gasteiger partial charge in [0.15, 0.2) is 0 Å². The molecule has 1 fully saturated rings. The fourth-order valence-corrected chi connectivity index (χ4v) is 2.63. The highest BCUT2D eigenvalue weighted by molar-refractivity contribution is 5.31. The van der Waals surface area contributed by atoms with E-state index in [0.717, 1.165) is 30.4 Å². The molecular weight excluding hydrogens is 186 g/mol. The number of hydrogen-bond acceptors (Lipinski definition) is 2. The molecule has 0 spiro atoms. The zero-order valence-corrected chi connectivity index (χ0v) is 9.24. The zero-order chi connectivity index (χ0) is 10.9. The molecule has 0 aliphatic heterocycles. The molecule has 1 saturated carbocycles. The Morgan fingerprint density at radius 1 is 1.40 bits per heavy atom. The van der Waals surface area contributed by atoms with Gasteiger partial charge in [0, 0.05) is 6.04 Å². The van der Waals surface area contributed by atoms with Crippen molar-refractivity contribution in [3.05, 3.63) is 35.4 Å². The lowest BCUT2D eigenvalue weighted by Crippen LogP contribution is -2.39. The SMILES string of the molecule is Cc1ccccc1C1(O)CCCC(N)C1. The number of benzene rings is 1. The molecule has 0 radical (unpaired) electrons. The van der Waals surface area contributed by atoms with E-state index in [2.05, 4.69) is 0 Å². The second-order valence-electron chi connectivity index (χ2n) is 4.70. The lowest BCUT2D eigenvalue weighted by molar-refractivity contribution is -0.00769. The van der Waals surface area contributed by atoms with Crippen LogP contribution in [0.2, 0.25) is 0 Å². The van der Waals surface area contributed by atoms with Gasteiger partial charge in [-0.2, -0.15) is 0 Å². The van der Waals surface area contributed by atoms with Crippen LogP contribution in [-0.2, 0) is 5.60 Å². The largest absolute Gasteiger partial charge is 0.385 e. The van der Waals surface area contributed by atoms with E-state index in [1.807, 2.05) is 31.2 Å². The third-order valence-electron chi connectivity index (χ3n) is 3.41. The van der Waals surface area contributed by atoms with E-state index in [0.29, 0.717) is 6.42 Å². The Kier molecular flexibility index (Phi) is 2.81. The molecule has 1 aliphatic rings. The van der Waals surface area contributed by atoms with E-state index in [-0.39, 0.29) is 6.04 Å². The molecule has 0 bridgehead atoms. The molecule has 0 saturated heterocycles. The third kappa shape index (κ3) is 2.06. The lowest BCUT2D eigenvalue weighted by Gasteiger charge is -2.36. The van der Waals surface area contributed by atoms with Crippen LogP contribution in [0.3, 0.4) is 0 Å². The van der Waals surface area contributed by atoms with Crippen molar-refractivity contribution >= 4 is 0 Å². The number of nitrogens with two attached hydrogens (primary N) is 1. The molecule has 3 N–H and O–H groups in total. The fraction of sp³-hybridized carbons (Fsp3) is 0.538. The number of aliphatic hydroxyl groups is 1. The summed E-state index contributed by atoms with van der Waals surface area (Å²) in [7, 11) is 0. The predicted molar refractivity (Wildman–Crippen MR) is 61.5 cm³/mol. The van der Waals surface area contributed by atoms with Gasteiger partial charge in [0.05, 0.1) is 5.60 Å². The highest BCUT2D eigenvalue weighted by Gasteiger charge is 2.35. The maximum absolute atomic E-state index is 10.6. The minimum Gasteiger partial charge on any atom is -0.385 e. The summed E-state index contributed by atoms with van der Waals surface area (Å²) in [5, 5.41) is 10.6. The van der Waals surface area contributed by atoms with E-state index in [4.69, 9.17) is 5.73 Å². The minimum atomic E-state index is -0.691. The van der Waals surface area contributed by atoms with Crippen LogP contribution in [-0.4, -0.2) is 11.1 Å². The van der Waals surface area contributed by atoms with E-state index in [9.17, 15) is 5.11 Å². The predicted octanol–water partition coefficient (Wildman–Crippen LogP) is 2.08. The van der Waals surface area contributed by atoms with Crippen molar-refractivity contribution in [1.82, 2.24) is 0 Å². The van der Waals surface area contributed by atoms with Gasteiger partial charge in [0.2, 0.25) is 0 Å². The Balaban J connectivity index is 2.32. The Bertz CT molecular complexity index is 350. The first-order valence-electron chi connectivity index (χ1n) is 5.66. The molecule has 1 aromatic rings. The van der Waals surface area contributed by atoms with E-state index in [1.54, 1.807) is 0 Å². The standard InChI is InChI=1S/C13H19NO/c1-10-5-2-3-7-12(10)13(15)8-4-6-11(14)9-13/h2-3,5,7,11,15H,4,6,8-9,14H2,1H3. The summed E-state index contributed by atoms with van der Waals surface area (Å²) in [5.74, 6) is 0. The molecule has 0 aromatic heterocycles. The van der Waals surface area contributed by atoms with Gasteiger partial charge >= 0.3 is 0 Å². The molecule has 2 unspecified atom stereocenters. The molecule has 2 rings (SSSR count). The number of aryl methyl sites for hydroxylation is 1. The smallest absolute Gasteiger partial charge is 0.0913 e. The van der Waals surface area contributed by atoms with Crippen molar-refractivity contribution in [2.75, 3.05) is 0 Å². The number of hydrogen-bond donors (Lipinski definition) is 2. The van der Waals surface area contributed by atoms with E-state index in [1.165, 1.54) is 0 Å².